The van der Waals surface area contributed by atoms with Crippen molar-refractivity contribution < 1.29 is 77.4 Å². The molecule has 2 nitrogen and oxygen atoms in total. The first-order valence-electron chi connectivity index (χ1n) is 28.4. The Morgan fingerprint density at radius 3 is 0.767 bits per heavy atom. The van der Waals surface area contributed by atoms with Crippen molar-refractivity contribution in [3.63, 3.8) is 0 Å². The van der Waals surface area contributed by atoms with E-state index in [1.54, 1.807) is 0 Å². The molecule has 0 bridgehead atoms. The van der Waals surface area contributed by atoms with Crippen LogP contribution >= 0.6 is 157 Å². The van der Waals surface area contributed by atoms with Crippen molar-refractivity contribution in [2.45, 2.75) is 175 Å². The van der Waals surface area contributed by atoms with Crippen LogP contribution in [0.15, 0.2) is 97.1 Å². The van der Waals surface area contributed by atoms with E-state index < -0.39 is 19.9 Å². The Morgan fingerprint density at radius 1 is 0.322 bits per heavy atom. The SMILES string of the molecule is C1CCOC1.C1CCOC1.Cc1ccc(CCCCCCP(Cl)CCP(Cl)Cl)cc1.Cc1ccc(CCl)cc1.ClP(Cl)CCP(Cl)Cl.P.P.P.P.[Br-].[Br-].[Br-].[Br-].[CH2-]CCCCCc1ccc(C)cc1.[CH2-]CCCCCc1ccc(C)cc1.[CH2-]CCC[CH2-].[Mg+2].[Mg+2].[Mg+2].[Mg+2]. The number of unbranched alkanes of at least 4 members (excludes halogenated alkanes) is 11. The summed E-state index contributed by atoms with van der Waals surface area (Å²) in [5, 5.41) is 0. The van der Waals surface area contributed by atoms with Crippen LogP contribution in [0.25, 0.3) is 0 Å². The van der Waals surface area contributed by atoms with Crippen molar-refractivity contribution in [3.05, 3.63) is 169 Å². The Balaban J connectivity index is -0.0000000624. The van der Waals surface area contributed by atoms with Crippen LogP contribution in [0, 0.1) is 55.4 Å². The van der Waals surface area contributed by atoms with E-state index in [0.717, 1.165) is 82.9 Å². The van der Waals surface area contributed by atoms with Gasteiger partial charge in [-0.1, -0.05) is 237 Å². The van der Waals surface area contributed by atoms with E-state index in [0.29, 0.717) is 5.88 Å². The summed E-state index contributed by atoms with van der Waals surface area (Å²) in [6.45, 7) is 24.9. The van der Waals surface area contributed by atoms with Crippen molar-refractivity contribution in [3.8, 4) is 0 Å². The van der Waals surface area contributed by atoms with Crippen molar-refractivity contribution in [1.82, 2.24) is 0 Å². The number of hydrogen-bond acceptors (Lipinski definition) is 2. The second-order valence-corrected chi connectivity index (χ2v) is 34.8. The molecule has 90 heavy (non-hydrogen) atoms. The van der Waals surface area contributed by atoms with Crippen LogP contribution in [-0.2, 0) is 34.6 Å². The standard InChI is InChI=1S/C15H23Cl3P2.2C13H19.C8H9Cl.C5H10.2C4H8O.C2H4Cl4P2.4BrH.4Mg.4H3P/c1-14-7-9-15(10-8-14)6-4-2-3-5-11-19(16)12-13-20(17)18;2*1-3-4-5-6-7-13-10-8-12(2)9-11-13;1-7-2-4-8(6-9)5-3-7;1-3-5-4-2;2*1-2-4-5-3-1;3-7(4)1-2-8(5)6;;;;;;;;;;;;/h7-10H,2-6,11-13H2,1H3;2*8-11H,1,3-7H2,2H3;2-5H,6H2,1H3;1-5H2;2*1-4H2;1-2H2;4*1H;;;;;4*1H3/q;2*-1;;-2;;;;;;;;4*+2;;;;/p-4. The quantitative estimate of drug-likeness (QED) is 0.0205. The van der Waals surface area contributed by atoms with Gasteiger partial charge in [0, 0.05) is 50.8 Å². The maximum Gasteiger partial charge on any atom is 2.00 e. The van der Waals surface area contributed by atoms with Crippen LogP contribution in [0.2, 0.25) is 0 Å². The number of aryl methyl sites for hydroxylation is 7. The fourth-order valence-electron chi connectivity index (χ4n) is 6.92. The maximum atomic E-state index is 6.31. The molecule has 2 aliphatic heterocycles. The van der Waals surface area contributed by atoms with E-state index in [-0.39, 0.29) is 207 Å². The number of alkyl halides is 1. The molecule has 0 spiro atoms. The predicted octanol–water partition coefficient (Wildman–Crippen LogP) is 12.8. The van der Waals surface area contributed by atoms with Gasteiger partial charge in [-0.15, -0.1) is 18.0 Å². The topological polar surface area (TPSA) is 18.5 Å². The maximum absolute atomic E-state index is 6.31. The van der Waals surface area contributed by atoms with E-state index in [1.165, 1.54) is 160 Å². The molecule has 2 aliphatic rings. The van der Waals surface area contributed by atoms with Gasteiger partial charge in [-0.3, -0.25) is 0 Å². The van der Waals surface area contributed by atoms with Crippen molar-refractivity contribution in [2.75, 3.05) is 57.2 Å². The summed E-state index contributed by atoms with van der Waals surface area (Å²) in [6.07, 6.45) is 31.6. The van der Waals surface area contributed by atoms with E-state index in [4.69, 9.17) is 99.8 Å². The predicted molar refractivity (Wildman–Crippen MR) is 437 cm³/mol. The first-order valence-corrected chi connectivity index (χ1v) is 41.5. The van der Waals surface area contributed by atoms with E-state index >= 15 is 0 Å². The number of hydrogen-bond donors (Lipinski definition) is 0. The third-order valence-corrected chi connectivity index (χ3v) is 20.1. The Labute approximate surface area is 718 Å². The molecule has 0 saturated carbocycles. The van der Waals surface area contributed by atoms with Gasteiger partial charge in [0.25, 0.3) is 0 Å². The van der Waals surface area contributed by atoms with E-state index in [2.05, 4.69) is 140 Å². The molecule has 5 atom stereocenters. The minimum Gasteiger partial charge on any atom is -1.00 e. The molecule has 512 valence electrons. The average Bonchev–Trinajstić information content (AvgIpc) is 4.24. The molecule has 0 aromatic heterocycles. The van der Waals surface area contributed by atoms with Gasteiger partial charge in [0.1, 0.15) is 0 Å². The summed E-state index contributed by atoms with van der Waals surface area (Å²) in [5.74, 6) is 0.611. The Kier molecular flexibility index (Phi) is 146. The van der Waals surface area contributed by atoms with Gasteiger partial charge < -0.3 is 105 Å². The minimum atomic E-state index is -0.841. The smallest absolute Gasteiger partial charge is 1.00 e. The van der Waals surface area contributed by atoms with Gasteiger partial charge in [-0.25, -0.2) is 0 Å². The second-order valence-electron chi connectivity index (χ2n) is 19.3. The normalized spacial score (nSPS) is 10.9. The largest absolute Gasteiger partial charge is 2.00 e. The molecule has 2 saturated heterocycles. The third-order valence-electron chi connectivity index (χ3n) is 11.8. The van der Waals surface area contributed by atoms with Crippen LogP contribution < -0.4 is 67.9 Å². The molecule has 2 heterocycles. The Morgan fingerprint density at radius 2 is 0.556 bits per heavy atom. The number of halogens is 12. The summed E-state index contributed by atoms with van der Waals surface area (Å²) >= 11 is 45.2. The fraction of sp³-hybridized carbons (Fsp3) is 0.562. The van der Waals surface area contributed by atoms with Gasteiger partial charge in [-0.05, 0) is 140 Å². The second kappa shape index (κ2) is 101. The summed E-state index contributed by atoms with van der Waals surface area (Å²) in [7, 11) is -0.362. The van der Waals surface area contributed by atoms with E-state index in [1.807, 2.05) is 12.1 Å². The van der Waals surface area contributed by atoms with Crippen molar-refractivity contribution >= 4 is 249 Å². The van der Waals surface area contributed by atoms with Gasteiger partial charge in [0.15, 0.2) is 0 Å². The van der Waals surface area contributed by atoms with Crippen LogP contribution in [-0.4, -0.2) is 149 Å². The summed E-state index contributed by atoms with van der Waals surface area (Å²) in [5.41, 5.74) is 10.9. The molecule has 0 aliphatic carbocycles. The zero-order valence-electron chi connectivity index (χ0n) is 55.5. The summed E-state index contributed by atoms with van der Waals surface area (Å²) in [4.78, 5) is 0. The van der Waals surface area contributed by atoms with Gasteiger partial charge >= 0.3 is 92.2 Å². The minimum absolute atomic E-state index is 0. The fourth-order valence-corrected chi connectivity index (χ4v) is 15.7. The Bertz CT molecular complexity index is 1770. The monoisotopic (exact) mass is 1850 g/mol. The molecular weight excluding hydrogens is 1750 g/mol. The third kappa shape index (κ3) is 99.7. The van der Waals surface area contributed by atoms with Crippen molar-refractivity contribution in [1.29, 1.82) is 0 Å². The molecule has 26 heteroatoms. The molecule has 4 aromatic rings. The first kappa shape index (κ1) is 130. The van der Waals surface area contributed by atoms with Gasteiger partial charge in [0.2, 0.25) is 0 Å². The Hall–Kier alpha value is 7.54. The van der Waals surface area contributed by atoms with Crippen LogP contribution in [0.5, 0.6) is 0 Å². The first-order chi connectivity index (χ1) is 37.6. The number of rotatable bonds is 26. The summed E-state index contributed by atoms with van der Waals surface area (Å²) < 4.78 is 9.89. The molecule has 0 amide bonds. The molecule has 6 rings (SSSR count). The molecule has 5 unspecified atom stereocenters. The summed E-state index contributed by atoms with van der Waals surface area (Å²) in [6, 6.07) is 34.8. The molecule has 2 fully saturated rings. The molecule has 0 radical (unpaired) electrons. The average molecular weight is 1860 g/mol. The van der Waals surface area contributed by atoms with Gasteiger partial charge in [-0.2, -0.15) is 65.3 Å². The number of ether oxygens (including phenoxy) is 2. The zero-order valence-corrected chi connectivity index (χ0v) is 82.8. The van der Waals surface area contributed by atoms with Crippen LogP contribution in [0.3, 0.4) is 0 Å². The van der Waals surface area contributed by atoms with Gasteiger partial charge in [0.05, 0.1) is 19.9 Å². The molecule has 4 aromatic carbocycles. The van der Waals surface area contributed by atoms with Crippen LogP contribution in [0.1, 0.15) is 167 Å². The zero-order chi connectivity index (χ0) is 58.3. The van der Waals surface area contributed by atoms with E-state index in [9.17, 15) is 0 Å². The van der Waals surface area contributed by atoms with Crippen molar-refractivity contribution in [2.24, 2.45) is 0 Å². The molecular formula is C64H112Br4Cl8Mg4O2P8. The molecule has 0 N–H and O–H groups in total. The number of benzene rings is 4. The van der Waals surface area contributed by atoms with Crippen LogP contribution in [0.4, 0.5) is 0 Å².